The van der Waals surface area contributed by atoms with Crippen molar-refractivity contribution < 1.29 is 0 Å². The number of nitrogens with zero attached hydrogens (tertiary/aromatic N) is 3. The zero-order valence-electron chi connectivity index (χ0n) is 6.79. The first kappa shape index (κ1) is 7.67. The summed E-state index contributed by atoms with van der Waals surface area (Å²) in [6.45, 7) is 0. The van der Waals surface area contributed by atoms with E-state index in [9.17, 15) is 4.79 Å². The molecule has 0 amide bonds. The van der Waals surface area contributed by atoms with Gasteiger partial charge in [0.15, 0.2) is 0 Å². The molecule has 0 fully saturated rings. The van der Waals surface area contributed by atoms with Gasteiger partial charge in [0.05, 0.1) is 11.9 Å². The van der Waals surface area contributed by atoms with Crippen LogP contribution >= 0.6 is 0 Å². The van der Waals surface area contributed by atoms with E-state index in [1.165, 1.54) is 16.9 Å². The molecule has 0 aliphatic heterocycles. The van der Waals surface area contributed by atoms with E-state index in [1.807, 2.05) is 18.2 Å². The number of para-hydroxylation sites is 1. The smallest absolute Gasteiger partial charge is 0.267 e. The van der Waals surface area contributed by atoms with Crippen molar-refractivity contribution in [3.8, 4) is 5.69 Å². The molecule has 0 spiro atoms. The average molecular weight is 173 g/mol. The first-order valence-corrected chi connectivity index (χ1v) is 3.84. The van der Waals surface area contributed by atoms with Gasteiger partial charge >= 0.3 is 0 Å². The van der Waals surface area contributed by atoms with E-state index in [1.54, 1.807) is 12.1 Å². The Balaban J connectivity index is 2.60. The fourth-order valence-electron chi connectivity index (χ4n) is 1.04. The molecule has 64 valence electrons. The molecule has 13 heavy (non-hydrogen) atoms. The van der Waals surface area contributed by atoms with Gasteiger partial charge in [0.2, 0.25) is 0 Å². The average Bonchev–Trinajstić information content (AvgIpc) is 2.20. The first-order valence-electron chi connectivity index (χ1n) is 3.84. The zero-order chi connectivity index (χ0) is 9.10. The van der Waals surface area contributed by atoms with Crippen molar-refractivity contribution in [2.45, 2.75) is 0 Å². The van der Waals surface area contributed by atoms with Crippen LogP contribution in [0.4, 0.5) is 0 Å². The van der Waals surface area contributed by atoms with Crippen LogP contribution in [-0.4, -0.2) is 15.0 Å². The first-order chi connectivity index (χ1) is 6.38. The van der Waals surface area contributed by atoms with Crippen molar-refractivity contribution in [3.63, 3.8) is 0 Å². The van der Waals surface area contributed by atoms with E-state index in [-0.39, 0.29) is 5.56 Å². The predicted octanol–water partition coefficient (Wildman–Crippen LogP) is 0.628. The van der Waals surface area contributed by atoms with Gasteiger partial charge in [-0.25, -0.2) is 0 Å². The summed E-state index contributed by atoms with van der Waals surface area (Å²) >= 11 is 0. The Labute approximate surface area is 74.5 Å². The van der Waals surface area contributed by atoms with Crippen molar-refractivity contribution in [1.82, 2.24) is 15.0 Å². The number of benzene rings is 1. The van der Waals surface area contributed by atoms with Gasteiger partial charge in [-0.15, -0.1) is 5.10 Å². The van der Waals surface area contributed by atoms with Crippen LogP contribution in [0.5, 0.6) is 0 Å². The van der Waals surface area contributed by atoms with Crippen molar-refractivity contribution in [3.05, 3.63) is 52.9 Å². The Morgan fingerprint density at radius 2 is 1.85 bits per heavy atom. The lowest BCUT2D eigenvalue weighted by atomic mass is 10.3. The van der Waals surface area contributed by atoms with Crippen LogP contribution < -0.4 is 5.56 Å². The highest BCUT2D eigenvalue weighted by molar-refractivity contribution is 5.29. The van der Waals surface area contributed by atoms with Crippen molar-refractivity contribution in [1.29, 1.82) is 0 Å². The minimum absolute atomic E-state index is 0.179. The van der Waals surface area contributed by atoms with E-state index in [4.69, 9.17) is 0 Å². The summed E-state index contributed by atoms with van der Waals surface area (Å²) in [6, 6.07) is 10.5. The molecule has 1 heterocycles. The molecule has 0 unspecified atom stereocenters. The third-order valence-electron chi connectivity index (χ3n) is 1.63. The minimum Gasteiger partial charge on any atom is -0.267 e. The lowest BCUT2D eigenvalue weighted by Crippen LogP contribution is -2.20. The van der Waals surface area contributed by atoms with Crippen molar-refractivity contribution in [2.24, 2.45) is 0 Å². The summed E-state index contributed by atoms with van der Waals surface area (Å²) in [5.41, 5.74) is 0.543. The third-order valence-corrected chi connectivity index (χ3v) is 1.63. The SMILES string of the molecule is O=c1ccnnn1-c1ccccc1. The quantitative estimate of drug-likeness (QED) is 0.635. The predicted molar refractivity (Wildman–Crippen MR) is 47.6 cm³/mol. The number of aromatic nitrogens is 3. The number of hydrogen-bond donors (Lipinski definition) is 0. The van der Waals surface area contributed by atoms with Gasteiger partial charge in [0.25, 0.3) is 5.56 Å². The Kier molecular flexibility index (Phi) is 1.88. The lowest BCUT2D eigenvalue weighted by molar-refractivity contribution is 0.716. The highest BCUT2D eigenvalue weighted by Crippen LogP contribution is 1.99. The van der Waals surface area contributed by atoms with Crippen LogP contribution in [0.1, 0.15) is 0 Å². The van der Waals surface area contributed by atoms with Gasteiger partial charge in [0, 0.05) is 6.07 Å². The molecule has 4 nitrogen and oxygen atoms in total. The second kappa shape index (κ2) is 3.18. The lowest BCUT2D eigenvalue weighted by Gasteiger charge is -1.99. The van der Waals surface area contributed by atoms with Crippen molar-refractivity contribution in [2.75, 3.05) is 0 Å². The Hall–Kier alpha value is -1.97. The van der Waals surface area contributed by atoms with E-state index < -0.39 is 0 Å². The summed E-state index contributed by atoms with van der Waals surface area (Å²) in [5.74, 6) is 0. The van der Waals surface area contributed by atoms with Crippen LogP contribution in [0.25, 0.3) is 5.69 Å². The van der Waals surface area contributed by atoms with Crippen LogP contribution in [0.3, 0.4) is 0 Å². The third kappa shape index (κ3) is 1.46. The Morgan fingerprint density at radius 1 is 1.08 bits per heavy atom. The highest BCUT2D eigenvalue weighted by Gasteiger charge is 1.97. The van der Waals surface area contributed by atoms with Gasteiger partial charge in [-0.3, -0.25) is 4.79 Å². The molecule has 2 aromatic rings. The molecule has 0 atom stereocenters. The maximum atomic E-state index is 11.3. The summed E-state index contributed by atoms with van der Waals surface area (Å²) in [4.78, 5) is 11.3. The molecule has 0 saturated carbocycles. The molecule has 0 N–H and O–H groups in total. The van der Waals surface area contributed by atoms with Crippen LogP contribution in [-0.2, 0) is 0 Å². The fourth-order valence-corrected chi connectivity index (χ4v) is 1.04. The van der Waals surface area contributed by atoms with E-state index in [2.05, 4.69) is 10.3 Å². The Bertz CT molecular complexity index is 450. The van der Waals surface area contributed by atoms with Gasteiger partial charge in [-0.2, -0.15) is 4.68 Å². The molecule has 0 aliphatic rings. The highest BCUT2D eigenvalue weighted by atomic mass is 16.1. The van der Waals surface area contributed by atoms with E-state index >= 15 is 0 Å². The molecule has 2 rings (SSSR count). The molecular formula is C9H7N3O. The van der Waals surface area contributed by atoms with Gasteiger partial charge in [-0.1, -0.05) is 23.4 Å². The number of hydrogen-bond acceptors (Lipinski definition) is 3. The molecule has 1 aromatic heterocycles. The largest absolute Gasteiger partial charge is 0.274 e. The summed E-state index contributed by atoms with van der Waals surface area (Å²) < 4.78 is 1.25. The van der Waals surface area contributed by atoms with Crippen LogP contribution in [0.2, 0.25) is 0 Å². The second-order valence-corrected chi connectivity index (χ2v) is 2.51. The van der Waals surface area contributed by atoms with Gasteiger partial charge in [-0.05, 0) is 12.1 Å². The normalized spacial score (nSPS) is 9.85. The van der Waals surface area contributed by atoms with Crippen LogP contribution in [0.15, 0.2) is 47.4 Å². The second-order valence-electron chi connectivity index (χ2n) is 2.51. The topological polar surface area (TPSA) is 47.8 Å². The van der Waals surface area contributed by atoms with E-state index in [0.29, 0.717) is 0 Å². The molecule has 0 aliphatic carbocycles. The van der Waals surface area contributed by atoms with E-state index in [0.717, 1.165) is 5.69 Å². The van der Waals surface area contributed by atoms with Gasteiger partial charge in [0.1, 0.15) is 0 Å². The number of rotatable bonds is 1. The summed E-state index contributed by atoms with van der Waals surface area (Å²) in [6.07, 6.45) is 1.38. The fraction of sp³-hybridized carbons (Fsp3) is 0. The molecule has 0 saturated heterocycles. The summed E-state index contributed by atoms with van der Waals surface area (Å²) in [5, 5.41) is 7.34. The Morgan fingerprint density at radius 3 is 2.54 bits per heavy atom. The molecule has 0 bridgehead atoms. The van der Waals surface area contributed by atoms with Gasteiger partial charge < -0.3 is 0 Å². The maximum absolute atomic E-state index is 11.3. The maximum Gasteiger partial charge on any atom is 0.274 e. The minimum atomic E-state index is -0.179. The molecule has 1 aromatic carbocycles. The summed E-state index contributed by atoms with van der Waals surface area (Å²) in [7, 11) is 0. The van der Waals surface area contributed by atoms with Crippen LogP contribution in [0, 0.1) is 0 Å². The molecular weight excluding hydrogens is 166 g/mol. The standard InChI is InChI=1S/C9H7N3O/c13-9-6-7-10-11-12(9)8-4-2-1-3-5-8/h1-7H. The monoisotopic (exact) mass is 173 g/mol. The molecule has 0 radical (unpaired) electrons. The molecule has 4 heteroatoms. The zero-order valence-corrected chi connectivity index (χ0v) is 6.79. The van der Waals surface area contributed by atoms with Crippen molar-refractivity contribution >= 4 is 0 Å².